The number of halogens is 2. The van der Waals surface area contributed by atoms with Crippen molar-refractivity contribution in [1.82, 2.24) is 15.3 Å². The molecule has 208 valence electrons. The number of rotatable bonds is 18. The third-order valence-corrected chi connectivity index (χ3v) is 6.68. The number of azide groups is 1. The third-order valence-electron chi connectivity index (χ3n) is 4.99. The number of benzene rings is 1. The molecular formula is C23H30ClFN6O6S. The summed E-state index contributed by atoms with van der Waals surface area (Å²) in [5, 5.41) is 5.94. The summed E-state index contributed by atoms with van der Waals surface area (Å²) in [6.45, 7) is 3.79. The second kappa shape index (κ2) is 17.6. The molecule has 0 saturated heterocycles. The molecule has 1 amide bonds. The molecule has 38 heavy (non-hydrogen) atoms. The van der Waals surface area contributed by atoms with Gasteiger partial charge in [0.2, 0.25) is 5.91 Å². The van der Waals surface area contributed by atoms with E-state index in [9.17, 15) is 14.0 Å². The highest BCUT2D eigenvalue weighted by molar-refractivity contribution is 8.00. The van der Waals surface area contributed by atoms with Crippen LogP contribution >= 0.6 is 23.4 Å². The molecule has 0 radical (unpaired) electrons. The van der Waals surface area contributed by atoms with Crippen molar-refractivity contribution in [3.63, 3.8) is 0 Å². The lowest BCUT2D eigenvalue weighted by atomic mass is 10.1. The topological polar surface area (TPSA) is 161 Å². The van der Waals surface area contributed by atoms with Gasteiger partial charge in [0.15, 0.2) is 0 Å². The van der Waals surface area contributed by atoms with Crippen LogP contribution in [0.3, 0.4) is 0 Å². The Hall–Kier alpha value is -2.87. The van der Waals surface area contributed by atoms with Crippen LogP contribution in [-0.2, 0) is 19.0 Å². The van der Waals surface area contributed by atoms with E-state index in [1.807, 2.05) is 0 Å². The molecule has 0 saturated carbocycles. The summed E-state index contributed by atoms with van der Waals surface area (Å²) in [5.41, 5.74) is 7.89. The van der Waals surface area contributed by atoms with Crippen molar-refractivity contribution >= 4 is 29.3 Å². The molecular weight excluding hydrogens is 543 g/mol. The van der Waals surface area contributed by atoms with Crippen LogP contribution in [0.15, 0.2) is 39.3 Å². The van der Waals surface area contributed by atoms with Gasteiger partial charge in [-0.15, -0.1) is 0 Å². The number of ether oxygens (including phenoxy) is 4. The summed E-state index contributed by atoms with van der Waals surface area (Å²) >= 11 is 7.21. The molecule has 0 fully saturated rings. The van der Waals surface area contributed by atoms with Crippen LogP contribution < -0.4 is 15.7 Å². The number of carbonyl (C=O) groups is 1. The van der Waals surface area contributed by atoms with Gasteiger partial charge >= 0.3 is 5.69 Å². The number of nitrogens with zero attached hydrogens (tertiary/aromatic N) is 4. The minimum Gasteiger partial charge on any atom is -0.497 e. The van der Waals surface area contributed by atoms with E-state index >= 15 is 0 Å². The first-order valence-corrected chi connectivity index (χ1v) is 12.9. The predicted octanol–water partition coefficient (Wildman–Crippen LogP) is 3.66. The SMILES string of the molecule is COc1ccc([C@@H](C)NC(=O)[C@H](CCOCCOCCOCCN=[N+]=[N-])Sc2[nH]c(=O)ncc2Cl)c(F)c1. The van der Waals surface area contributed by atoms with Crippen molar-refractivity contribution in [2.24, 2.45) is 5.11 Å². The number of hydrogen-bond donors (Lipinski definition) is 2. The lowest BCUT2D eigenvalue weighted by Crippen LogP contribution is -2.36. The zero-order valence-corrected chi connectivity index (χ0v) is 22.6. The van der Waals surface area contributed by atoms with E-state index in [1.54, 1.807) is 19.1 Å². The van der Waals surface area contributed by atoms with Gasteiger partial charge in [0, 0.05) is 29.7 Å². The lowest BCUT2D eigenvalue weighted by Gasteiger charge is -2.21. The molecule has 1 heterocycles. The second-order valence-electron chi connectivity index (χ2n) is 7.67. The van der Waals surface area contributed by atoms with Crippen LogP contribution in [0.2, 0.25) is 5.02 Å². The van der Waals surface area contributed by atoms with Crippen molar-refractivity contribution in [1.29, 1.82) is 0 Å². The molecule has 0 aliphatic heterocycles. The molecule has 1 aromatic carbocycles. The molecule has 0 unspecified atom stereocenters. The number of carbonyl (C=O) groups excluding carboxylic acids is 1. The fourth-order valence-electron chi connectivity index (χ4n) is 3.09. The molecule has 2 rings (SSSR count). The maximum Gasteiger partial charge on any atom is 0.345 e. The standard InChI is InChI=1S/C23H30ClFN6O6S/c1-15(17-4-3-16(34-2)13-19(17)25)29-21(32)20(38-22-18(24)14-27-23(33)30-22)5-7-35-9-11-37-12-10-36-8-6-28-31-26/h3-4,13-15,20H,5-12H2,1-2H3,(H,29,32)(H,27,30,33)/t15-,20+/m1/s1. The number of amides is 1. The van der Waals surface area contributed by atoms with Gasteiger partial charge in [-0.2, -0.15) is 0 Å². The van der Waals surface area contributed by atoms with Gasteiger partial charge in [-0.05, 0) is 24.9 Å². The van der Waals surface area contributed by atoms with Crippen molar-refractivity contribution in [2.45, 2.75) is 29.7 Å². The zero-order chi connectivity index (χ0) is 27.8. The molecule has 15 heteroatoms. The Morgan fingerprint density at radius 2 is 1.92 bits per heavy atom. The normalized spacial score (nSPS) is 12.4. The average Bonchev–Trinajstić information content (AvgIpc) is 2.90. The average molecular weight is 573 g/mol. The quantitative estimate of drug-likeness (QED) is 0.0683. The molecule has 0 spiro atoms. The van der Waals surface area contributed by atoms with E-state index in [1.165, 1.54) is 19.4 Å². The molecule has 2 atom stereocenters. The summed E-state index contributed by atoms with van der Waals surface area (Å²) in [6.07, 6.45) is 1.48. The summed E-state index contributed by atoms with van der Waals surface area (Å²) in [7, 11) is 1.44. The Morgan fingerprint density at radius 1 is 1.24 bits per heavy atom. The highest BCUT2D eigenvalue weighted by Crippen LogP contribution is 2.30. The summed E-state index contributed by atoms with van der Waals surface area (Å²) in [4.78, 5) is 33.5. The fourth-order valence-corrected chi connectivity index (χ4v) is 4.30. The van der Waals surface area contributed by atoms with Crippen LogP contribution in [0.5, 0.6) is 5.75 Å². The molecule has 0 aliphatic rings. The van der Waals surface area contributed by atoms with Gasteiger partial charge in [-0.1, -0.05) is 34.5 Å². The van der Waals surface area contributed by atoms with E-state index in [2.05, 4.69) is 25.3 Å². The molecule has 2 N–H and O–H groups in total. The van der Waals surface area contributed by atoms with Crippen LogP contribution in [0.1, 0.15) is 24.9 Å². The van der Waals surface area contributed by atoms with Crippen LogP contribution in [0.4, 0.5) is 4.39 Å². The summed E-state index contributed by atoms with van der Waals surface area (Å²) in [6, 6.07) is 3.77. The number of thioether (sulfide) groups is 1. The van der Waals surface area contributed by atoms with Gasteiger partial charge < -0.3 is 24.3 Å². The first kappa shape index (κ1) is 31.3. The van der Waals surface area contributed by atoms with E-state index < -0.39 is 22.8 Å². The number of H-pyrrole nitrogens is 1. The molecule has 12 nitrogen and oxygen atoms in total. The van der Waals surface area contributed by atoms with E-state index in [0.29, 0.717) is 42.8 Å². The minimum atomic E-state index is -0.709. The van der Waals surface area contributed by atoms with Gasteiger partial charge in [0.25, 0.3) is 0 Å². The Bertz CT molecular complexity index is 1140. The summed E-state index contributed by atoms with van der Waals surface area (Å²) < 4.78 is 35.7. The number of aromatic nitrogens is 2. The van der Waals surface area contributed by atoms with Crippen molar-refractivity contribution < 1.29 is 28.1 Å². The first-order valence-electron chi connectivity index (χ1n) is 11.6. The van der Waals surface area contributed by atoms with Gasteiger partial charge in [-0.3, -0.25) is 9.78 Å². The molecule has 0 aliphatic carbocycles. The van der Waals surface area contributed by atoms with Crippen LogP contribution in [0.25, 0.3) is 10.4 Å². The predicted molar refractivity (Wildman–Crippen MR) is 140 cm³/mol. The van der Waals surface area contributed by atoms with Crippen LogP contribution in [-0.4, -0.2) is 74.4 Å². The fraction of sp³-hybridized carbons (Fsp3) is 0.522. The van der Waals surface area contributed by atoms with Crippen molar-refractivity contribution in [2.75, 3.05) is 53.3 Å². The largest absolute Gasteiger partial charge is 0.497 e. The number of aromatic amines is 1. The minimum absolute atomic E-state index is 0.192. The van der Waals surface area contributed by atoms with Crippen LogP contribution in [0, 0.1) is 5.82 Å². The maximum absolute atomic E-state index is 14.5. The second-order valence-corrected chi connectivity index (χ2v) is 9.29. The van der Waals surface area contributed by atoms with E-state index in [-0.39, 0.29) is 37.1 Å². The van der Waals surface area contributed by atoms with Crippen molar-refractivity contribution in [3.05, 3.63) is 61.7 Å². The Balaban J connectivity index is 1.89. The zero-order valence-electron chi connectivity index (χ0n) is 21.0. The van der Waals surface area contributed by atoms with E-state index in [0.717, 1.165) is 11.8 Å². The molecule has 1 aromatic heterocycles. The molecule has 2 aromatic rings. The van der Waals surface area contributed by atoms with Gasteiger partial charge in [0.1, 0.15) is 11.6 Å². The highest BCUT2D eigenvalue weighted by atomic mass is 35.5. The smallest absolute Gasteiger partial charge is 0.345 e. The molecule has 0 bridgehead atoms. The monoisotopic (exact) mass is 572 g/mol. The number of nitrogens with one attached hydrogen (secondary N) is 2. The lowest BCUT2D eigenvalue weighted by molar-refractivity contribution is -0.121. The van der Waals surface area contributed by atoms with Gasteiger partial charge in [-0.25, -0.2) is 14.2 Å². The van der Waals surface area contributed by atoms with E-state index in [4.69, 9.17) is 36.1 Å². The summed E-state index contributed by atoms with van der Waals surface area (Å²) in [5.74, 6) is -0.523. The number of hydrogen-bond acceptors (Lipinski definition) is 9. The Kier molecular flexibility index (Phi) is 14.5. The Labute approximate surface area is 228 Å². The maximum atomic E-state index is 14.5. The Morgan fingerprint density at radius 3 is 2.58 bits per heavy atom. The number of methoxy groups -OCH3 is 1. The first-order chi connectivity index (χ1) is 18.3. The van der Waals surface area contributed by atoms with Crippen molar-refractivity contribution in [3.8, 4) is 5.75 Å². The third kappa shape index (κ3) is 11.3. The highest BCUT2D eigenvalue weighted by Gasteiger charge is 2.24. The van der Waals surface area contributed by atoms with Gasteiger partial charge in [0.05, 0.1) is 67.7 Å².